The maximum atomic E-state index is 13.5. The number of carboxylic acids is 2. The van der Waals surface area contributed by atoms with Crippen molar-refractivity contribution in [1.29, 1.82) is 5.26 Å². The van der Waals surface area contributed by atoms with Crippen LogP contribution in [0.15, 0.2) is 56.3 Å². The summed E-state index contributed by atoms with van der Waals surface area (Å²) in [4.78, 5) is 49.5. The van der Waals surface area contributed by atoms with E-state index in [-0.39, 0.29) is 88.3 Å². The van der Waals surface area contributed by atoms with Crippen molar-refractivity contribution in [2.45, 2.75) is 18.4 Å². The molecular weight excluding hydrogens is 684 g/mol. The third kappa shape index (κ3) is 8.74. The number of nitrogens with one attached hydrogen (secondary N) is 3. The normalized spacial score (nSPS) is 10.9. The number of nitriles is 1. The first kappa shape index (κ1) is 36.5. The number of benzene rings is 2. The number of aromatic carboxylic acids is 2. The fourth-order valence-corrected chi connectivity index (χ4v) is 4.59. The van der Waals surface area contributed by atoms with E-state index in [0.717, 1.165) is 16.7 Å². The quantitative estimate of drug-likeness (QED) is 0.0265. The number of aromatic hydroxyl groups is 2. The highest BCUT2D eigenvalue weighted by molar-refractivity contribution is 7.94. The van der Waals surface area contributed by atoms with Gasteiger partial charge in [-0.25, -0.2) is 14.8 Å². The van der Waals surface area contributed by atoms with E-state index >= 15 is 0 Å². The van der Waals surface area contributed by atoms with E-state index < -0.39 is 29.1 Å². The van der Waals surface area contributed by atoms with Crippen molar-refractivity contribution in [3.63, 3.8) is 0 Å². The van der Waals surface area contributed by atoms with Crippen LogP contribution < -0.4 is 21.5 Å². The fraction of sp³-hybridized carbons (Fsp3) is 0.179. The topological polar surface area (TPSA) is 319 Å². The van der Waals surface area contributed by atoms with E-state index in [0.29, 0.717) is 12.0 Å². The Morgan fingerprint density at radius 3 is 2.30 bits per heavy atom. The molecule has 0 atom stereocenters. The molecule has 260 valence electrons. The second-order valence-corrected chi connectivity index (χ2v) is 10.5. The van der Waals surface area contributed by atoms with Gasteiger partial charge < -0.3 is 41.5 Å². The van der Waals surface area contributed by atoms with E-state index in [1.807, 2.05) is 0 Å². The zero-order valence-electron chi connectivity index (χ0n) is 25.6. The van der Waals surface area contributed by atoms with Crippen molar-refractivity contribution in [2.75, 3.05) is 35.6 Å². The largest absolute Gasteiger partial charge is 0.507 e. The number of rotatable bonds is 16. The van der Waals surface area contributed by atoms with Gasteiger partial charge in [0.15, 0.2) is 5.69 Å². The minimum absolute atomic E-state index is 0.000232. The molecule has 0 aliphatic rings. The van der Waals surface area contributed by atoms with Gasteiger partial charge in [0.25, 0.3) is 5.56 Å². The molecule has 0 amide bonds. The molecule has 21 nitrogen and oxygen atoms in total. The third-order valence-corrected chi connectivity index (χ3v) is 7.09. The van der Waals surface area contributed by atoms with Crippen molar-refractivity contribution in [2.24, 2.45) is 10.2 Å². The monoisotopic (exact) mass is 710 g/mol. The van der Waals surface area contributed by atoms with E-state index in [2.05, 4.69) is 50.5 Å². The molecule has 0 radical (unpaired) electrons. The van der Waals surface area contributed by atoms with Crippen LogP contribution in [0.1, 0.15) is 31.8 Å². The predicted molar refractivity (Wildman–Crippen MR) is 172 cm³/mol. The molecule has 2 aromatic carbocycles. The average molecular weight is 711 g/mol. The van der Waals surface area contributed by atoms with Gasteiger partial charge >= 0.3 is 11.9 Å². The maximum Gasteiger partial charge on any atom is 0.339 e. The van der Waals surface area contributed by atoms with Crippen LogP contribution in [0, 0.1) is 18.3 Å². The molecule has 4 rings (SSSR count). The molecule has 2 heterocycles. The van der Waals surface area contributed by atoms with Crippen LogP contribution in [-0.4, -0.2) is 81.9 Å². The van der Waals surface area contributed by atoms with Crippen LogP contribution in [0.5, 0.6) is 11.6 Å². The Hall–Kier alpha value is -6.38. The zero-order valence-corrected chi connectivity index (χ0v) is 26.4. The van der Waals surface area contributed by atoms with Gasteiger partial charge in [-0.15, -0.1) is 14.6 Å². The van der Waals surface area contributed by atoms with Crippen LogP contribution in [-0.2, 0) is 15.9 Å². The lowest BCUT2D eigenvalue weighted by Gasteiger charge is -2.14. The number of aromatic nitrogens is 4. The Kier molecular flexibility index (Phi) is 12.1. The minimum atomic E-state index is -1.37. The Morgan fingerprint density at radius 2 is 1.66 bits per heavy atom. The number of azo groups is 1. The molecular formula is C28H26N10O11S. The van der Waals surface area contributed by atoms with E-state index in [9.17, 15) is 45.2 Å². The summed E-state index contributed by atoms with van der Waals surface area (Å²) in [5, 5.41) is 86.6. The average Bonchev–Trinajstić information content (AvgIpc) is 3.08. The van der Waals surface area contributed by atoms with Crippen molar-refractivity contribution in [3.8, 4) is 17.7 Å². The SMILES string of the molecule is Cc1c(C#N)c(O)n(CCNc2nc(NCCO)nc(Nc3ccc(O)c(C(=O)O)c3)n2)c(=O)c1N=Nc1cc(SOOO)ccc1C(=O)O. The summed E-state index contributed by atoms with van der Waals surface area (Å²) in [6, 6.07) is 9.26. The van der Waals surface area contributed by atoms with Crippen LogP contribution in [0.3, 0.4) is 0 Å². The summed E-state index contributed by atoms with van der Waals surface area (Å²) in [5.74, 6) is -4.00. The van der Waals surface area contributed by atoms with Crippen LogP contribution in [0.2, 0.25) is 0 Å². The highest BCUT2D eigenvalue weighted by Gasteiger charge is 2.20. The van der Waals surface area contributed by atoms with Crippen molar-refractivity contribution in [3.05, 3.63) is 69.0 Å². The summed E-state index contributed by atoms with van der Waals surface area (Å²) in [5.41, 5.74) is -2.26. The van der Waals surface area contributed by atoms with Gasteiger partial charge in [-0.3, -0.25) is 9.36 Å². The molecule has 0 saturated heterocycles. The molecule has 0 aliphatic heterocycles. The summed E-state index contributed by atoms with van der Waals surface area (Å²) in [6.07, 6.45) is 0. The van der Waals surface area contributed by atoms with E-state index in [1.54, 1.807) is 6.07 Å². The highest BCUT2D eigenvalue weighted by atomic mass is 32.2. The van der Waals surface area contributed by atoms with Gasteiger partial charge in [0.05, 0.1) is 24.2 Å². The highest BCUT2D eigenvalue weighted by Crippen LogP contribution is 2.31. The van der Waals surface area contributed by atoms with Crippen molar-refractivity contribution >= 4 is 58.9 Å². The number of hydrogen-bond acceptors (Lipinski definition) is 19. The number of aliphatic hydroxyl groups excluding tert-OH is 1. The van der Waals surface area contributed by atoms with Crippen LogP contribution in [0.4, 0.5) is 34.9 Å². The molecule has 0 spiro atoms. The number of hydrogen-bond donors (Lipinski definition) is 9. The molecule has 0 aliphatic carbocycles. The van der Waals surface area contributed by atoms with Gasteiger partial charge in [0.1, 0.15) is 28.6 Å². The van der Waals surface area contributed by atoms with Crippen LogP contribution in [0.25, 0.3) is 0 Å². The smallest absolute Gasteiger partial charge is 0.339 e. The molecule has 4 aromatic rings. The first-order chi connectivity index (χ1) is 24.0. The molecule has 0 bridgehead atoms. The lowest BCUT2D eigenvalue weighted by Crippen LogP contribution is -2.25. The maximum absolute atomic E-state index is 13.5. The van der Waals surface area contributed by atoms with Gasteiger partial charge in [-0.2, -0.15) is 20.2 Å². The number of phenols is 1. The number of anilines is 4. The Labute approximate surface area is 284 Å². The van der Waals surface area contributed by atoms with Crippen LogP contribution >= 0.6 is 12.0 Å². The van der Waals surface area contributed by atoms with Gasteiger partial charge in [-0.1, -0.05) is 5.04 Å². The Balaban J connectivity index is 1.63. The summed E-state index contributed by atoms with van der Waals surface area (Å²) in [7, 11) is 0. The summed E-state index contributed by atoms with van der Waals surface area (Å²) < 4.78 is 5.18. The second-order valence-electron chi connectivity index (χ2n) is 9.70. The number of aliphatic hydroxyl groups is 1. The third-order valence-electron chi connectivity index (χ3n) is 6.52. The second kappa shape index (κ2) is 16.6. The summed E-state index contributed by atoms with van der Waals surface area (Å²) in [6.45, 7) is 0.748. The summed E-state index contributed by atoms with van der Waals surface area (Å²) >= 11 is 0.529. The minimum Gasteiger partial charge on any atom is -0.507 e. The lowest BCUT2D eigenvalue weighted by atomic mass is 10.1. The molecule has 0 fully saturated rings. The molecule has 9 N–H and O–H groups in total. The predicted octanol–water partition coefficient (Wildman–Crippen LogP) is 3.12. The number of carboxylic acid groups (broad SMARTS) is 2. The van der Waals surface area contributed by atoms with Gasteiger partial charge in [0.2, 0.25) is 23.7 Å². The molecule has 22 heteroatoms. The van der Waals surface area contributed by atoms with Gasteiger partial charge in [-0.05, 0) is 43.3 Å². The lowest BCUT2D eigenvalue weighted by molar-refractivity contribution is -0.432. The van der Waals surface area contributed by atoms with Crippen molar-refractivity contribution < 1.29 is 49.8 Å². The molecule has 0 saturated carbocycles. The van der Waals surface area contributed by atoms with Gasteiger partial charge in [0, 0.05) is 35.8 Å². The number of pyridine rings is 1. The number of nitrogens with zero attached hydrogens (tertiary/aromatic N) is 7. The zero-order chi connectivity index (χ0) is 36.4. The Bertz CT molecular complexity index is 2050. The first-order valence-electron chi connectivity index (χ1n) is 14.0. The molecule has 50 heavy (non-hydrogen) atoms. The first-order valence-corrected chi connectivity index (χ1v) is 14.7. The molecule has 0 unspecified atom stereocenters. The van der Waals surface area contributed by atoms with E-state index in [4.69, 9.17) is 5.26 Å². The standard InChI is InChI=1S/C28H26N10O11S/c1-13-18(12-29)22(41)38(23(42)21(13)37-36-19-11-15(50-49-48-47)3-4-16(19)24(43)44)8-6-30-26-33-27(31-7-9-39)35-28(34-26)32-14-2-5-20(40)17(10-14)25(45)46/h2-5,10-11,39-41,47H,6-9H2,1H3,(H,43,44)(H,45,46)(H3,30,31,32,33,34,35). The van der Waals surface area contributed by atoms with E-state index in [1.165, 1.54) is 31.2 Å². The molecule has 2 aromatic heterocycles. The number of carbonyl (C=O) groups is 2. The Morgan fingerprint density at radius 1 is 0.980 bits per heavy atom. The fourth-order valence-electron chi connectivity index (χ4n) is 4.20. The van der Waals surface area contributed by atoms with Crippen molar-refractivity contribution in [1.82, 2.24) is 19.5 Å².